The van der Waals surface area contributed by atoms with Crippen molar-refractivity contribution in [3.05, 3.63) is 119 Å². The number of hydrogen-bond donors (Lipinski definition) is 3. The number of aryl methyl sites for hydroxylation is 1. The molecule has 2 aliphatic heterocycles. The normalized spacial score (nSPS) is 17.2. The number of amides is 4. The minimum absolute atomic E-state index is 0.00635. The summed E-state index contributed by atoms with van der Waals surface area (Å²) >= 11 is 7.22. The summed E-state index contributed by atoms with van der Waals surface area (Å²) < 4.78 is 58.1. The zero-order valence-corrected chi connectivity index (χ0v) is 42.0. The number of carbonyl (C=O) groups is 4. The topological polar surface area (TPSA) is 187 Å². The number of thiocarbonyl (C=S) groups is 1. The van der Waals surface area contributed by atoms with Gasteiger partial charge in [-0.3, -0.25) is 19.3 Å². The third kappa shape index (κ3) is 11.9. The van der Waals surface area contributed by atoms with E-state index in [9.17, 15) is 42.7 Å². The molecule has 378 valence electrons. The van der Waals surface area contributed by atoms with Crippen LogP contribution in [0.5, 0.6) is 5.75 Å². The number of hydrogen-bond acceptors (Lipinski definition) is 12. The van der Waals surface area contributed by atoms with Crippen LogP contribution in [0, 0.1) is 23.7 Å². The predicted molar refractivity (Wildman–Crippen MR) is 269 cm³/mol. The molecule has 5 aromatic rings. The van der Waals surface area contributed by atoms with Crippen LogP contribution in [-0.4, -0.2) is 101 Å². The number of aliphatic hydroxyl groups excluding tert-OH is 1. The molecule has 4 aromatic carbocycles. The maximum absolute atomic E-state index is 14.0. The van der Waals surface area contributed by atoms with Gasteiger partial charge in [0, 0.05) is 25.2 Å². The van der Waals surface area contributed by atoms with Gasteiger partial charge >= 0.3 is 12.3 Å². The summed E-state index contributed by atoms with van der Waals surface area (Å²) in [5.41, 5.74) is 3.05. The Morgan fingerprint density at radius 1 is 0.931 bits per heavy atom. The molecule has 0 aliphatic carbocycles. The lowest BCUT2D eigenvalue weighted by molar-refractivity contribution is -0.142. The van der Waals surface area contributed by atoms with Crippen molar-refractivity contribution in [1.29, 1.82) is 5.26 Å². The molecule has 4 amide bonds. The zero-order valence-electron chi connectivity index (χ0n) is 40.4. The maximum atomic E-state index is 14.0. The minimum atomic E-state index is -4.81. The van der Waals surface area contributed by atoms with Gasteiger partial charge in [0.2, 0.25) is 11.8 Å². The number of nitrogens with one attached hydrogen (secondary N) is 2. The first-order valence-corrected chi connectivity index (χ1v) is 24.3. The molecule has 2 fully saturated rings. The molecule has 7 rings (SSSR count). The molecular formula is C52H54F3N7O8S2. The second-order valence-electron chi connectivity index (χ2n) is 18.8. The van der Waals surface area contributed by atoms with Crippen molar-refractivity contribution in [2.24, 2.45) is 5.41 Å². The number of carbonyl (C=O) groups excluding carboxylic acids is 4. The number of alkyl halides is 3. The highest BCUT2D eigenvalue weighted by molar-refractivity contribution is 7.81. The van der Waals surface area contributed by atoms with Crippen LogP contribution in [-0.2, 0) is 36.6 Å². The lowest BCUT2D eigenvalue weighted by Crippen LogP contribution is -2.57. The lowest BCUT2D eigenvalue weighted by Gasteiger charge is -2.35. The van der Waals surface area contributed by atoms with Gasteiger partial charge in [-0.25, -0.2) is 9.78 Å². The lowest BCUT2D eigenvalue weighted by atomic mass is 9.85. The molecule has 20 heteroatoms. The Bertz CT molecular complexity index is 2850. The number of benzene rings is 4. The van der Waals surface area contributed by atoms with Crippen LogP contribution in [0.2, 0.25) is 0 Å². The number of halogens is 3. The second-order valence-corrected chi connectivity index (χ2v) is 20.1. The quantitative estimate of drug-likeness (QED) is 0.0634. The molecule has 1 aromatic heterocycles. The van der Waals surface area contributed by atoms with Crippen LogP contribution in [0.4, 0.5) is 29.3 Å². The third-order valence-corrected chi connectivity index (χ3v) is 13.6. The van der Waals surface area contributed by atoms with Gasteiger partial charge in [-0.15, -0.1) is 11.3 Å². The van der Waals surface area contributed by atoms with E-state index in [0.29, 0.717) is 11.4 Å². The van der Waals surface area contributed by atoms with Gasteiger partial charge in [-0.2, -0.15) is 18.4 Å². The molecule has 0 radical (unpaired) electrons. The summed E-state index contributed by atoms with van der Waals surface area (Å²) in [4.78, 5) is 63.3. The number of likely N-dealkylation sites (tertiary alicyclic amines) is 1. The summed E-state index contributed by atoms with van der Waals surface area (Å²) in [7, 11) is 0. The Morgan fingerprint density at radius 3 is 2.17 bits per heavy atom. The fourth-order valence-electron chi connectivity index (χ4n) is 8.46. The second kappa shape index (κ2) is 21.8. The average Bonchev–Trinajstić information content (AvgIpc) is 4.01. The molecule has 3 heterocycles. The number of rotatable bonds is 16. The molecule has 15 nitrogen and oxygen atoms in total. The first kappa shape index (κ1) is 52.9. The third-order valence-electron chi connectivity index (χ3n) is 12.3. The van der Waals surface area contributed by atoms with E-state index in [2.05, 4.69) is 15.6 Å². The molecule has 0 unspecified atom stereocenters. The fourth-order valence-corrected chi connectivity index (χ4v) is 9.79. The van der Waals surface area contributed by atoms with Crippen LogP contribution >= 0.6 is 23.6 Å². The van der Waals surface area contributed by atoms with Crippen LogP contribution in [0.1, 0.15) is 63.4 Å². The number of thiazole rings is 1. The van der Waals surface area contributed by atoms with Crippen molar-refractivity contribution >= 4 is 63.9 Å². The summed E-state index contributed by atoms with van der Waals surface area (Å²) in [6, 6.07) is 24.9. The Morgan fingerprint density at radius 2 is 1.56 bits per heavy atom. The largest absolute Gasteiger partial charge is 0.491 e. The molecule has 2 aliphatic rings. The summed E-state index contributed by atoms with van der Waals surface area (Å²) in [5, 5.41) is 25.3. The average molecular weight is 1030 g/mol. The van der Waals surface area contributed by atoms with E-state index in [1.54, 1.807) is 86.7 Å². The molecule has 0 saturated carbocycles. The molecule has 3 atom stereocenters. The van der Waals surface area contributed by atoms with Crippen LogP contribution < -0.4 is 25.2 Å². The standard InChI is InChI=1S/C52H54F3N7O8S2/c1-31-43(72-30-58-31)35-9-7-32(8-10-35)28-57-45(64)42-26-39(63)29-60(42)46(65)44(50(2,3)4)59-48(67)70-24-22-68-21-23-69-40-19-14-34(15-20-40)33-11-16-37(17-12-33)62-49(71)61(47(66)51(62,5)6)38-18-13-36(27-56)41(25-38)52(53,54)55/h7-20,25,30,39,42,44,63H,21-24,26,28-29H2,1-6H3,(H,57,64)(H,59,67)/t39-,42+,44-/m1/s1. The summed E-state index contributed by atoms with van der Waals surface area (Å²) in [5.74, 6) is -0.879. The molecule has 0 spiro atoms. The summed E-state index contributed by atoms with van der Waals surface area (Å²) in [6.45, 7) is 11.0. The van der Waals surface area contributed by atoms with Crippen molar-refractivity contribution in [3.63, 3.8) is 0 Å². The molecular weight excluding hydrogens is 972 g/mol. The van der Waals surface area contributed by atoms with E-state index < -0.39 is 70.3 Å². The van der Waals surface area contributed by atoms with Gasteiger partial charge in [0.05, 0.1) is 58.3 Å². The minimum Gasteiger partial charge on any atom is -0.491 e. The Labute approximate surface area is 424 Å². The van der Waals surface area contributed by atoms with Gasteiger partial charge in [-0.05, 0) is 103 Å². The predicted octanol–water partition coefficient (Wildman–Crippen LogP) is 8.41. The first-order chi connectivity index (χ1) is 34.1. The first-order valence-electron chi connectivity index (χ1n) is 23.0. The van der Waals surface area contributed by atoms with E-state index in [-0.39, 0.29) is 56.7 Å². The molecule has 3 N–H and O–H groups in total. The van der Waals surface area contributed by atoms with Crippen molar-refractivity contribution in [1.82, 2.24) is 20.5 Å². The monoisotopic (exact) mass is 1030 g/mol. The van der Waals surface area contributed by atoms with Crippen LogP contribution in [0.3, 0.4) is 0 Å². The highest BCUT2D eigenvalue weighted by Crippen LogP contribution is 2.40. The summed E-state index contributed by atoms with van der Waals surface area (Å²) in [6.07, 6.45) is -6.51. The van der Waals surface area contributed by atoms with Gasteiger partial charge in [-0.1, -0.05) is 69.3 Å². The number of aromatic nitrogens is 1. The Hall–Kier alpha value is -6.92. The van der Waals surface area contributed by atoms with Crippen molar-refractivity contribution < 1.29 is 51.7 Å². The van der Waals surface area contributed by atoms with Crippen molar-refractivity contribution in [2.45, 2.75) is 84.4 Å². The number of anilines is 2. The number of ether oxygens (including phenoxy) is 3. The Kier molecular flexibility index (Phi) is 16.0. The van der Waals surface area contributed by atoms with Gasteiger partial charge in [0.15, 0.2) is 5.11 Å². The van der Waals surface area contributed by atoms with E-state index in [0.717, 1.165) is 49.9 Å². The van der Waals surface area contributed by atoms with Gasteiger partial charge in [0.1, 0.15) is 36.6 Å². The number of aliphatic hydroxyl groups is 1. The molecule has 72 heavy (non-hydrogen) atoms. The molecule has 0 bridgehead atoms. The van der Waals surface area contributed by atoms with Crippen molar-refractivity contribution in [2.75, 3.05) is 42.8 Å². The number of nitrogens with zero attached hydrogens (tertiary/aromatic N) is 5. The van der Waals surface area contributed by atoms with E-state index in [4.69, 9.17) is 26.4 Å². The smallest absolute Gasteiger partial charge is 0.417 e. The van der Waals surface area contributed by atoms with E-state index >= 15 is 0 Å². The Balaban J connectivity index is 0.841. The van der Waals surface area contributed by atoms with Gasteiger partial charge in [0.25, 0.3) is 5.91 Å². The number of β-amino-alcohol motifs (C(OH)–C–C–N with tert-alkyl or cyclic N) is 1. The number of alkyl carbamates (subject to hydrolysis) is 1. The van der Waals surface area contributed by atoms with Gasteiger partial charge < -0.3 is 39.8 Å². The van der Waals surface area contributed by atoms with Crippen LogP contribution in [0.15, 0.2) is 96.5 Å². The van der Waals surface area contributed by atoms with Crippen LogP contribution in [0.25, 0.3) is 21.6 Å². The number of nitriles is 1. The zero-order chi connectivity index (χ0) is 52.1. The van der Waals surface area contributed by atoms with E-state index in [1.165, 1.54) is 11.0 Å². The SMILES string of the molecule is Cc1ncsc1-c1ccc(CNC(=O)[C@@H]2C[C@@H](O)CN2C(=O)[C@@H](NC(=O)OCCOCCOc2ccc(-c3ccc(N4C(=S)N(c5ccc(C#N)c(C(F)(F)F)c5)C(=O)C4(C)C)cc3)cc2)C(C)(C)C)cc1. The van der Waals surface area contributed by atoms with Crippen molar-refractivity contribution in [3.8, 4) is 33.4 Å². The highest BCUT2D eigenvalue weighted by Gasteiger charge is 2.51. The fraction of sp³-hybridized carbons (Fsp3) is 0.365. The maximum Gasteiger partial charge on any atom is 0.417 e. The molecule has 2 saturated heterocycles. The van der Waals surface area contributed by atoms with E-state index in [1.807, 2.05) is 55.5 Å². The highest BCUT2D eigenvalue weighted by atomic mass is 32.1.